The van der Waals surface area contributed by atoms with Gasteiger partial charge in [0, 0.05) is 20.6 Å². The van der Waals surface area contributed by atoms with Gasteiger partial charge in [-0.05, 0) is 24.1 Å². The third-order valence-corrected chi connectivity index (χ3v) is 5.22. The van der Waals surface area contributed by atoms with Gasteiger partial charge in [0.1, 0.15) is 18.5 Å². The fraction of sp³-hybridized carbons (Fsp3) is 0.350. The van der Waals surface area contributed by atoms with Crippen molar-refractivity contribution < 1.29 is 14.0 Å². The summed E-state index contributed by atoms with van der Waals surface area (Å²) < 4.78 is 5.36. The van der Waals surface area contributed by atoms with Gasteiger partial charge in [0.25, 0.3) is 5.91 Å². The third-order valence-electron chi connectivity index (χ3n) is 5.22. The van der Waals surface area contributed by atoms with Crippen LogP contribution in [0.3, 0.4) is 0 Å². The Labute approximate surface area is 163 Å². The number of furan rings is 1. The predicted octanol–water partition coefficient (Wildman–Crippen LogP) is 1.50. The molecule has 28 heavy (non-hydrogen) atoms. The number of nitrogens with zero attached hydrogens (tertiary/aromatic N) is 4. The van der Waals surface area contributed by atoms with E-state index in [-0.39, 0.29) is 11.9 Å². The maximum atomic E-state index is 12.9. The van der Waals surface area contributed by atoms with E-state index >= 15 is 0 Å². The molecule has 2 aliphatic rings. The lowest BCUT2D eigenvalue weighted by Gasteiger charge is -2.39. The van der Waals surface area contributed by atoms with E-state index < -0.39 is 12.2 Å². The second kappa shape index (κ2) is 7.38. The number of amides is 3. The zero-order valence-electron chi connectivity index (χ0n) is 15.9. The number of hydrogen-bond acceptors (Lipinski definition) is 4. The molecule has 2 atom stereocenters. The summed E-state index contributed by atoms with van der Waals surface area (Å²) in [4.78, 5) is 34.5. The SMILES string of the molecule is CN1C(=O)[C@@H]2[C@@H](NC(=NCc3ccco3)N2CCc2ccccc2)N(C)C1=O. The summed E-state index contributed by atoms with van der Waals surface area (Å²) in [7, 11) is 3.21. The van der Waals surface area contributed by atoms with Crippen LogP contribution in [0.25, 0.3) is 0 Å². The molecule has 2 fully saturated rings. The monoisotopic (exact) mass is 381 g/mol. The predicted molar refractivity (Wildman–Crippen MR) is 103 cm³/mol. The fourth-order valence-corrected chi connectivity index (χ4v) is 3.65. The number of hydrogen-bond donors (Lipinski definition) is 1. The van der Waals surface area contributed by atoms with Crippen LogP contribution >= 0.6 is 0 Å². The smallest absolute Gasteiger partial charge is 0.327 e. The molecule has 1 aromatic heterocycles. The Kier molecular flexibility index (Phi) is 4.77. The Bertz CT molecular complexity index is 881. The van der Waals surface area contributed by atoms with E-state index in [1.54, 1.807) is 18.2 Å². The first kappa shape index (κ1) is 18.1. The maximum Gasteiger partial charge on any atom is 0.327 e. The molecule has 0 bridgehead atoms. The Morgan fingerprint density at radius 2 is 1.89 bits per heavy atom. The number of likely N-dealkylation sites (N-methyl/N-ethyl adjacent to an activating group) is 2. The van der Waals surface area contributed by atoms with Gasteiger partial charge in [-0.3, -0.25) is 9.69 Å². The first-order valence-electron chi connectivity index (χ1n) is 9.24. The summed E-state index contributed by atoms with van der Waals surface area (Å²) in [5.74, 6) is 1.11. The lowest BCUT2D eigenvalue weighted by atomic mass is 10.1. The van der Waals surface area contributed by atoms with Gasteiger partial charge >= 0.3 is 6.03 Å². The molecular weight excluding hydrogens is 358 g/mol. The van der Waals surface area contributed by atoms with Crippen LogP contribution in [0.5, 0.6) is 0 Å². The molecule has 4 rings (SSSR count). The summed E-state index contributed by atoms with van der Waals surface area (Å²) in [6, 6.07) is 12.9. The molecule has 1 aromatic carbocycles. The number of guanidine groups is 1. The summed E-state index contributed by atoms with van der Waals surface area (Å²) in [5.41, 5.74) is 1.18. The van der Waals surface area contributed by atoms with Gasteiger partial charge in [0.05, 0.1) is 6.26 Å². The van der Waals surface area contributed by atoms with Gasteiger partial charge < -0.3 is 19.5 Å². The standard InChI is InChI=1S/C20H23N5O3/c1-23-17-16(18(26)24(2)20(23)27)25(11-10-14-7-4-3-5-8-14)19(22-17)21-13-15-9-6-12-28-15/h3-9,12,16-17H,10-11,13H2,1-2H3,(H,21,22)/t16-,17-/m0/s1. The van der Waals surface area contributed by atoms with Crippen LogP contribution in [-0.2, 0) is 17.8 Å². The number of urea groups is 1. The zero-order valence-corrected chi connectivity index (χ0v) is 15.9. The maximum absolute atomic E-state index is 12.9. The second-order valence-electron chi connectivity index (χ2n) is 6.97. The number of imide groups is 1. The number of nitrogens with one attached hydrogen (secondary N) is 1. The van der Waals surface area contributed by atoms with Crippen molar-refractivity contribution in [3.05, 3.63) is 60.1 Å². The van der Waals surface area contributed by atoms with Crippen LogP contribution in [0, 0.1) is 0 Å². The minimum atomic E-state index is -0.508. The van der Waals surface area contributed by atoms with Gasteiger partial charge in [0.15, 0.2) is 12.0 Å². The largest absolute Gasteiger partial charge is 0.467 e. The topological polar surface area (TPSA) is 81.4 Å². The van der Waals surface area contributed by atoms with Gasteiger partial charge in [-0.25, -0.2) is 9.79 Å². The second-order valence-corrected chi connectivity index (χ2v) is 6.97. The molecule has 2 saturated heterocycles. The summed E-state index contributed by atoms with van der Waals surface area (Å²) in [5, 5.41) is 3.26. The van der Waals surface area contributed by atoms with Crippen LogP contribution in [0.2, 0.25) is 0 Å². The molecule has 0 spiro atoms. The molecule has 0 radical (unpaired) electrons. The van der Waals surface area contributed by atoms with Crippen LogP contribution in [0.1, 0.15) is 11.3 Å². The molecule has 1 N–H and O–H groups in total. The molecule has 3 heterocycles. The number of benzene rings is 1. The highest BCUT2D eigenvalue weighted by Gasteiger charge is 2.51. The van der Waals surface area contributed by atoms with E-state index in [0.717, 1.165) is 12.2 Å². The molecule has 2 aliphatic heterocycles. The number of aliphatic imine (C=N–C) groups is 1. The van der Waals surface area contributed by atoms with Gasteiger partial charge in [-0.15, -0.1) is 0 Å². The minimum absolute atomic E-state index is 0.225. The van der Waals surface area contributed by atoms with Crippen molar-refractivity contribution >= 4 is 17.9 Å². The van der Waals surface area contributed by atoms with E-state index in [4.69, 9.17) is 4.42 Å². The van der Waals surface area contributed by atoms with Crippen LogP contribution in [-0.4, -0.2) is 65.4 Å². The highest BCUT2D eigenvalue weighted by molar-refractivity contribution is 6.04. The highest BCUT2D eigenvalue weighted by atomic mass is 16.3. The Morgan fingerprint density at radius 3 is 2.61 bits per heavy atom. The van der Waals surface area contributed by atoms with Crippen molar-refractivity contribution in [1.82, 2.24) is 20.0 Å². The van der Waals surface area contributed by atoms with Gasteiger partial charge in [-0.2, -0.15) is 0 Å². The number of rotatable bonds is 5. The van der Waals surface area contributed by atoms with Crippen LogP contribution < -0.4 is 5.32 Å². The van der Waals surface area contributed by atoms with Crippen molar-refractivity contribution in [1.29, 1.82) is 0 Å². The quantitative estimate of drug-likeness (QED) is 0.849. The van der Waals surface area contributed by atoms with Crippen molar-refractivity contribution in [2.75, 3.05) is 20.6 Å². The van der Waals surface area contributed by atoms with Crippen molar-refractivity contribution in [3.8, 4) is 0 Å². The molecule has 0 unspecified atom stereocenters. The fourth-order valence-electron chi connectivity index (χ4n) is 3.65. The van der Waals surface area contributed by atoms with E-state index in [9.17, 15) is 9.59 Å². The van der Waals surface area contributed by atoms with Crippen molar-refractivity contribution in [3.63, 3.8) is 0 Å². The number of fused-ring (bicyclic) bond motifs is 1. The molecule has 0 saturated carbocycles. The average molecular weight is 381 g/mol. The van der Waals surface area contributed by atoms with Crippen molar-refractivity contribution in [2.24, 2.45) is 4.99 Å². The molecule has 3 amide bonds. The Morgan fingerprint density at radius 1 is 1.11 bits per heavy atom. The molecular formula is C20H23N5O3. The van der Waals surface area contributed by atoms with E-state index in [2.05, 4.69) is 22.4 Å². The van der Waals surface area contributed by atoms with Crippen LogP contribution in [0.15, 0.2) is 58.1 Å². The Balaban J connectivity index is 1.61. The lowest BCUT2D eigenvalue weighted by Crippen LogP contribution is -2.65. The van der Waals surface area contributed by atoms with Crippen LogP contribution in [0.4, 0.5) is 4.79 Å². The highest BCUT2D eigenvalue weighted by Crippen LogP contribution is 2.24. The molecule has 8 heteroatoms. The lowest BCUT2D eigenvalue weighted by molar-refractivity contribution is -0.136. The summed E-state index contributed by atoms with van der Waals surface area (Å²) in [6.45, 7) is 0.967. The van der Waals surface area contributed by atoms with Crippen molar-refractivity contribution in [2.45, 2.75) is 25.2 Å². The van der Waals surface area contributed by atoms with Gasteiger partial charge in [-0.1, -0.05) is 30.3 Å². The molecule has 146 valence electrons. The van der Waals surface area contributed by atoms with E-state index in [1.807, 2.05) is 35.2 Å². The molecule has 2 aromatic rings. The zero-order chi connectivity index (χ0) is 19.7. The number of carbonyl (C=O) groups is 2. The summed E-state index contributed by atoms with van der Waals surface area (Å²) >= 11 is 0. The molecule has 8 nitrogen and oxygen atoms in total. The number of carbonyl (C=O) groups excluding carboxylic acids is 2. The first-order chi connectivity index (χ1) is 13.6. The third kappa shape index (κ3) is 3.21. The average Bonchev–Trinajstić information content (AvgIpc) is 3.36. The van der Waals surface area contributed by atoms with Gasteiger partial charge in [0.2, 0.25) is 0 Å². The minimum Gasteiger partial charge on any atom is -0.467 e. The normalized spacial score (nSPS) is 23.4. The Hall–Kier alpha value is -3.29. The first-order valence-corrected chi connectivity index (χ1v) is 9.24. The van der Waals surface area contributed by atoms with E-state index in [0.29, 0.717) is 19.0 Å². The summed E-state index contributed by atoms with van der Waals surface area (Å²) in [6.07, 6.45) is 1.93. The molecule has 0 aliphatic carbocycles. The van der Waals surface area contributed by atoms with E-state index in [1.165, 1.54) is 17.5 Å².